The van der Waals surface area contributed by atoms with Gasteiger partial charge in [0.25, 0.3) is 0 Å². The Kier molecular flexibility index (Phi) is 2.70. The molecule has 2 rings (SSSR count). The van der Waals surface area contributed by atoms with Crippen LogP contribution in [0.3, 0.4) is 0 Å². The molecule has 0 fully saturated rings. The molecule has 0 aliphatic carbocycles. The van der Waals surface area contributed by atoms with E-state index in [9.17, 15) is 0 Å². The summed E-state index contributed by atoms with van der Waals surface area (Å²) in [5.41, 5.74) is 9.62. The lowest BCUT2D eigenvalue weighted by Crippen LogP contribution is -2.11. The van der Waals surface area contributed by atoms with E-state index in [-0.39, 0.29) is 12.6 Å². The Morgan fingerprint density at radius 3 is 3.14 bits per heavy atom. The number of aliphatic hydroxyl groups excluding tert-OH is 1. The van der Waals surface area contributed by atoms with Crippen LogP contribution in [0.5, 0.6) is 0 Å². The van der Waals surface area contributed by atoms with Crippen LogP contribution in [0.1, 0.15) is 23.6 Å². The number of fused-ring (bicyclic) bond motifs is 1. The number of anilines is 1. The second-order valence-electron chi connectivity index (χ2n) is 3.71. The van der Waals surface area contributed by atoms with Crippen LogP contribution in [0.25, 0.3) is 0 Å². The molecule has 0 aromatic heterocycles. The van der Waals surface area contributed by atoms with Gasteiger partial charge < -0.3 is 16.2 Å². The van der Waals surface area contributed by atoms with Gasteiger partial charge in [-0.1, -0.05) is 12.1 Å². The van der Waals surface area contributed by atoms with Crippen LogP contribution in [0.15, 0.2) is 18.2 Å². The molecular formula is C11H16N2O. The third kappa shape index (κ3) is 1.74. The number of aliphatic hydroxyl groups is 1. The topological polar surface area (TPSA) is 58.3 Å². The molecule has 0 bridgehead atoms. The van der Waals surface area contributed by atoms with Gasteiger partial charge in [-0.3, -0.25) is 0 Å². The molecule has 0 amide bonds. The third-order valence-electron chi connectivity index (χ3n) is 2.71. The summed E-state index contributed by atoms with van der Waals surface area (Å²) in [5, 5.41) is 12.1. The number of benzene rings is 1. The summed E-state index contributed by atoms with van der Waals surface area (Å²) >= 11 is 0. The van der Waals surface area contributed by atoms with Gasteiger partial charge in [-0.05, 0) is 30.0 Å². The maximum Gasteiger partial charge on any atom is 0.0449 e. The van der Waals surface area contributed by atoms with Crippen molar-refractivity contribution >= 4 is 5.69 Å². The zero-order valence-electron chi connectivity index (χ0n) is 8.16. The Morgan fingerprint density at radius 1 is 1.50 bits per heavy atom. The standard InChI is InChI=1S/C11H16N2O/c12-10(4-6-14)8-1-2-11-9(7-8)3-5-13-11/h1-2,7,10,13-14H,3-6,12H2/t10-/m0/s1. The number of rotatable bonds is 3. The Balaban J connectivity index is 2.19. The van der Waals surface area contributed by atoms with E-state index in [1.54, 1.807) is 0 Å². The van der Waals surface area contributed by atoms with Crippen molar-refractivity contribution < 1.29 is 5.11 Å². The van der Waals surface area contributed by atoms with Crippen molar-refractivity contribution in [1.82, 2.24) is 0 Å². The van der Waals surface area contributed by atoms with E-state index in [2.05, 4.69) is 17.4 Å². The summed E-state index contributed by atoms with van der Waals surface area (Å²) in [6.07, 6.45) is 1.71. The van der Waals surface area contributed by atoms with Crippen LogP contribution in [0, 0.1) is 0 Å². The van der Waals surface area contributed by atoms with E-state index in [0.717, 1.165) is 18.5 Å². The smallest absolute Gasteiger partial charge is 0.0449 e. The first-order valence-corrected chi connectivity index (χ1v) is 5.04. The number of nitrogens with two attached hydrogens (primary N) is 1. The Hall–Kier alpha value is -1.06. The molecule has 0 saturated carbocycles. The highest BCUT2D eigenvalue weighted by Gasteiger charge is 2.12. The second-order valence-corrected chi connectivity index (χ2v) is 3.71. The van der Waals surface area contributed by atoms with Crippen molar-refractivity contribution in [2.24, 2.45) is 5.73 Å². The average Bonchev–Trinajstić information content (AvgIpc) is 2.64. The quantitative estimate of drug-likeness (QED) is 0.670. The van der Waals surface area contributed by atoms with Gasteiger partial charge in [0.1, 0.15) is 0 Å². The van der Waals surface area contributed by atoms with Crippen LogP contribution in [0.4, 0.5) is 5.69 Å². The summed E-state index contributed by atoms with van der Waals surface area (Å²) < 4.78 is 0. The van der Waals surface area contributed by atoms with Crippen molar-refractivity contribution in [2.45, 2.75) is 18.9 Å². The molecule has 1 aliphatic rings. The lowest BCUT2D eigenvalue weighted by molar-refractivity contribution is 0.276. The highest BCUT2D eigenvalue weighted by molar-refractivity contribution is 5.56. The van der Waals surface area contributed by atoms with Gasteiger partial charge in [-0.2, -0.15) is 0 Å². The third-order valence-corrected chi connectivity index (χ3v) is 2.71. The van der Waals surface area contributed by atoms with Gasteiger partial charge in [-0.25, -0.2) is 0 Å². The lowest BCUT2D eigenvalue weighted by atomic mass is 10.0. The molecule has 1 heterocycles. The van der Waals surface area contributed by atoms with Crippen LogP contribution in [0.2, 0.25) is 0 Å². The average molecular weight is 192 g/mol. The largest absolute Gasteiger partial charge is 0.396 e. The summed E-state index contributed by atoms with van der Waals surface area (Å²) in [4.78, 5) is 0. The fourth-order valence-electron chi connectivity index (χ4n) is 1.86. The molecule has 76 valence electrons. The second kappa shape index (κ2) is 3.98. The number of nitrogens with one attached hydrogen (secondary N) is 1. The zero-order chi connectivity index (χ0) is 9.97. The van der Waals surface area contributed by atoms with Crippen LogP contribution >= 0.6 is 0 Å². The van der Waals surface area contributed by atoms with Crippen LogP contribution in [-0.2, 0) is 6.42 Å². The summed E-state index contributed by atoms with van der Waals surface area (Å²) in [6.45, 7) is 1.17. The highest BCUT2D eigenvalue weighted by Crippen LogP contribution is 2.25. The first-order chi connectivity index (χ1) is 6.81. The first-order valence-electron chi connectivity index (χ1n) is 5.04. The lowest BCUT2D eigenvalue weighted by Gasteiger charge is -2.11. The van der Waals surface area contributed by atoms with Crippen molar-refractivity contribution in [1.29, 1.82) is 0 Å². The molecule has 3 heteroatoms. The van der Waals surface area contributed by atoms with Crippen molar-refractivity contribution in [3.8, 4) is 0 Å². The number of hydrogen-bond acceptors (Lipinski definition) is 3. The molecule has 4 N–H and O–H groups in total. The van der Waals surface area contributed by atoms with E-state index in [1.807, 2.05) is 6.07 Å². The summed E-state index contributed by atoms with van der Waals surface area (Å²) in [7, 11) is 0. The van der Waals surface area contributed by atoms with Gasteiger partial charge in [0, 0.05) is 24.9 Å². The van der Waals surface area contributed by atoms with Gasteiger partial charge in [-0.15, -0.1) is 0 Å². The Morgan fingerprint density at radius 2 is 2.36 bits per heavy atom. The molecule has 1 aromatic rings. The van der Waals surface area contributed by atoms with Gasteiger partial charge >= 0.3 is 0 Å². The molecule has 1 aliphatic heterocycles. The summed E-state index contributed by atoms with van der Waals surface area (Å²) in [6, 6.07) is 6.23. The van der Waals surface area contributed by atoms with E-state index in [1.165, 1.54) is 11.3 Å². The molecule has 1 aromatic carbocycles. The van der Waals surface area contributed by atoms with Gasteiger partial charge in [0.2, 0.25) is 0 Å². The zero-order valence-corrected chi connectivity index (χ0v) is 8.16. The van der Waals surface area contributed by atoms with E-state index < -0.39 is 0 Å². The monoisotopic (exact) mass is 192 g/mol. The minimum absolute atomic E-state index is 0.0362. The number of hydrogen-bond donors (Lipinski definition) is 3. The molecule has 1 atom stereocenters. The van der Waals surface area contributed by atoms with Crippen molar-refractivity contribution in [3.63, 3.8) is 0 Å². The Labute approximate surface area is 83.9 Å². The molecule has 0 unspecified atom stereocenters. The predicted molar refractivity (Wildman–Crippen MR) is 57.3 cm³/mol. The fourth-order valence-corrected chi connectivity index (χ4v) is 1.86. The minimum Gasteiger partial charge on any atom is -0.396 e. The predicted octanol–water partition coefficient (Wildman–Crippen LogP) is 1.04. The normalized spacial score (nSPS) is 16.1. The molecule has 3 nitrogen and oxygen atoms in total. The molecule has 0 spiro atoms. The summed E-state index contributed by atoms with van der Waals surface area (Å²) in [5.74, 6) is 0. The van der Waals surface area contributed by atoms with E-state index in [0.29, 0.717) is 6.42 Å². The Bertz CT molecular complexity index is 325. The molecule has 0 saturated heterocycles. The van der Waals surface area contributed by atoms with Gasteiger partial charge in [0.05, 0.1) is 0 Å². The minimum atomic E-state index is -0.0362. The maximum atomic E-state index is 8.80. The molecule has 14 heavy (non-hydrogen) atoms. The fraction of sp³-hybridized carbons (Fsp3) is 0.455. The van der Waals surface area contributed by atoms with Crippen molar-refractivity contribution in [3.05, 3.63) is 29.3 Å². The van der Waals surface area contributed by atoms with Crippen LogP contribution < -0.4 is 11.1 Å². The van der Waals surface area contributed by atoms with E-state index in [4.69, 9.17) is 10.8 Å². The maximum absolute atomic E-state index is 8.80. The van der Waals surface area contributed by atoms with Crippen LogP contribution in [-0.4, -0.2) is 18.3 Å². The SMILES string of the molecule is N[C@@H](CCO)c1ccc2c(c1)CCN2. The highest BCUT2D eigenvalue weighted by atomic mass is 16.3. The van der Waals surface area contributed by atoms with Crippen molar-refractivity contribution in [2.75, 3.05) is 18.5 Å². The first kappa shape index (κ1) is 9.49. The van der Waals surface area contributed by atoms with E-state index >= 15 is 0 Å². The molecule has 0 radical (unpaired) electrons. The molecular weight excluding hydrogens is 176 g/mol. The van der Waals surface area contributed by atoms with Gasteiger partial charge in [0.15, 0.2) is 0 Å².